The number of amides is 1. The molecule has 0 bridgehead atoms. The first-order valence-corrected chi connectivity index (χ1v) is 8.85. The molecule has 6 heteroatoms. The van der Waals surface area contributed by atoms with Crippen LogP contribution in [-0.4, -0.2) is 34.5 Å². The molecule has 1 unspecified atom stereocenters. The highest BCUT2D eigenvalue weighted by molar-refractivity contribution is 6.31. The molecule has 1 atom stereocenters. The van der Waals surface area contributed by atoms with Crippen LogP contribution in [0.25, 0.3) is 0 Å². The van der Waals surface area contributed by atoms with Gasteiger partial charge in [-0.05, 0) is 68.7 Å². The number of alkyl halides is 1. The first-order chi connectivity index (χ1) is 15.5. The van der Waals surface area contributed by atoms with Gasteiger partial charge in [0.1, 0.15) is 11.5 Å². The molecule has 1 saturated heterocycles. The molecule has 1 aromatic heterocycles. The number of benzene rings is 1. The van der Waals surface area contributed by atoms with Crippen LogP contribution in [0.15, 0.2) is 36.5 Å². The lowest BCUT2D eigenvalue weighted by Crippen LogP contribution is -2.44. The highest BCUT2D eigenvalue weighted by Gasteiger charge is 2.35. The van der Waals surface area contributed by atoms with E-state index in [4.69, 9.17) is 21.2 Å². The second-order valence-corrected chi connectivity index (χ2v) is 6.84. The van der Waals surface area contributed by atoms with Crippen molar-refractivity contribution in [3.8, 4) is 0 Å². The molecule has 0 spiro atoms. The Morgan fingerprint density at radius 1 is 1.44 bits per heavy atom. The van der Waals surface area contributed by atoms with Crippen molar-refractivity contribution in [1.29, 1.82) is 0 Å². The van der Waals surface area contributed by atoms with E-state index in [0.29, 0.717) is 0 Å². The maximum absolute atomic E-state index is 15.6. The Bertz CT molecular complexity index is 1070. The van der Waals surface area contributed by atoms with Crippen LogP contribution in [0.1, 0.15) is 56.9 Å². The molecule has 1 fully saturated rings. The van der Waals surface area contributed by atoms with Gasteiger partial charge in [-0.25, -0.2) is 8.78 Å². The molecule has 0 radical (unpaired) electrons. The minimum atomic E-state index is -2.38. The molecule has 3 rings (SSSR count). The van der Waals surface area contributed by atoms with Gasteiger partial charge in [-0.2, -0.15) is 0 Å². The van der Waals surface area contributed by atoms with Crippen molar-refractivity contribution < 1.29 is 23.2 Å². The molecule has 1 aliphatic heterocycles. The average molecular weight is 400 g/mol. The molecule has 1 aliphatic rings. The van der Waals surface area contributed by atoms with Gasteiger partial charge in [-0.3, -0.25) is 9.78 Å². The second kappa shape index (κ2) is 8.34. The van der Waals surface area contributed by atoms with E-state index in [-0.39, 0.29) is 47.7 Å². The van der Waals surface area contributed by atoms with Gasteiger partial charge in [0.15, 0.2) is 0 Å². The Labute approximate surface area is 173 Å². The second-order valence-electron chi connectivity index (χ2n) is 6.43. The Morgan fingerprint density at radius 2 is 2.30 bits per heavy atom. The Morgan fingerprint density at radius 3 is 2.96 bits per heavy atom. The lowest BCUT2D eigenvalue weighted by atomic mass is 9.87. The van der Waals surface area contributed by atoms with Crippen LogP contribution < -0.4 is 0 Å². The number of carbonyl (C=O) groups is 1. The number of halogens is 3. The highest BCUT2D eigenvalue weighted by atomic mass is 35.5. The summed E-state index contributed by atoms with van der Waals surface area (Å²) in [6.45, 7) is -5.00. The molecule has 144 valence electrons. The Kier molecular flexibility index (Phi) is 3.85. The Balaban J connectivity index is 1.69. The lowest BCUT2D eigenvalue weighted by Gasteiger charge is -2.36. The normalized spacial score (nSPS) is 26.6. The Hall–Kier alpha value is -2.01. The molecule has 3 nitrogen and oxygen atoms in total. The van der Waals surface area contributed by atoms with Gasteiger partial charge in [0, 0.05) is 40.1 Å². The monoisotopic (exact) mass is 399 g/mol. The van der Waals surface area contributed by atoms with Crippen LogP contribution in [0, 0.1) is 12.7 Å². The zero-order valence-electron chi connectivity index (χ0n) is 21.4. The number of rotatable bonds is 5. The first kappa shape index (κ1) is 12.4. The van der Waals surface area contributed by atoms with Gasteiger partial charge in [-0.1, -0.05) is 17.7 Å². The van der Waals surface area contributed by atoms with Gasteiger partial charge in [0.25, 0.3) is 5.91 Å². The highest BCUT2D eigenvalue weighted by Crippen LogP contribution is 2.32. The van der Waals surface area contributed by atoms with Crippen molar-refractivity contribution in [1.82, 2.24) is 9.88 Å². The van der Waals surface area contributed by atoms with E-state index in [1.165, 1.54) is 18.2 Å². The number of nitrogens with zero attached hydrogens (tertiary/aromatic N) is 2. The third-order valence-corrected chi connectivity index (χ3v) is 4.71. The van der Waals surface area contributed by atoms with Crippen molar-refractivity contribution in [2.75, 3.05) is 13.0 Å². The molecular formula is C21H23ClF2N2O. The molecule has 2 aromatic rings. The average Bonchev–Trinajstić information content (AvgIpc) is 2.73. The SMILES string of the molecule is [2H]C([2H])([2H])c1ccc(C([2H])([2H])CCC2(F)CCN(C(=O)c3ccc(F)c(Cl)c3)C([2H])([2H])C2)nc1. The van der Waals surface area contributed by atoms with Crippen molar-refractivity contribution in [2.24, 2.45) is 0 Å². The van der Waals surface area contributed by atoms with E-state index in [2.05, 4.69) is 4.98 Å². The summed E-state index contributed by atoms with van der Waals surface area (Å²) in [5, 5.41) is -0.286. The van der Waals surface area contributed by atoms with Gasteiger partial charge >= 0.3 is 0 Å². The summed E-state index contributed by atoms with van der Waals surface area (Å²) >= 11 is 5.71. The van der Waals surface area contributed by atoms with Crippen molar-refractivity contribution in [3.05, 3.63) is 64.2 Å². The molecule has 0 saturated carbocycles. The third-order valence-electron chi connectivity index (χ3n) is 4.42. The summed E-state index contributed by atoms with van der Waals surface area (Å²) in [7, 11) is 0. The predicted molar refractivity (Wildman–Crippen MR) is 102 cm³/mol. The van der Waals surface area contributed by atoms with Crippen LogP contribution >= 0.6 is 11.6 Å². The van der Waals surface area contributed by atoms with E-state index in [0.717, 1.165) is 23.2 Å². The zero-order chi connectivity index (χ0) is 25.5. The quantitative estimate of drug-likeness (QED) is 0.696. The number of aromatic nitrogens is 1. The summed E-state index contributed by atoms with van der Waals surface area (Å²) in [5.74, 6) is -1.47. The summed E-state index contributed by atoms with van der Waals surface area (Å²) in [4.78, 5) is 17.5. The molecule has 0 N–H and O–H groups in total. The lowest BCUT2D eigenvalue weighted by molar-refractivity contribution is 0.0389. The van der Waals surface area contributed by atoms with Crippen molar-refractivity contribution >= 4 is 17.5 Å². The topological polar surface area (TPSA) is 33.2 Å². The fraction of sp³-hybridized carbons (Fsp3) is 0.429. The van der Waals surface area contributed by atoms with Crippen LogP contribution in [0.3, 0.4) is 0 Å². The minimum Gasteiger partial charge on any atom is -0.338 e. The fourth-order valence-electron chi connectivity index (χ4n) is 2.80. The standard InChI is InChI=1S/C21H23ClF2N2O/c1-15-4-6-17(25-14-15)3-2-8-21(24)9-11-26(12-10-21)20(27)16-5-7-19(23)18(22)13-16/h4-7,13-14H,2-3,8-12H2,1H3/i1D3,3D2,11D2. The number of hydrogen-bond donors (Lipinski definition) is 0. The molecule has 0 aliphatic carbocycles. The third kappa shape index (κ3) is 5.04. The summed E-state index contributed by atoms with van der Waals surface area (Å²) in [6.07, 6.45) is -2.53. The summed E-state index contributed by atoms with van der Waals surface area (Å²) in [6, 6.07) is 5.76. The minimum absolute atomic E-state index is 0.0236. The number of likely N-dealkylation sites (tertiary alicyclic amines) is 1. The van der Waals surface area contributed by atoms with E-state index in [9.17, 15) is 9.18 Å². The van der Waals surface area contributed by atoms with E-state index < -0.39 is 43.5 Å². The van der Waals surface area contributed by atoms with E-state index in [1.807, 2.05) is 0 Å². The number of aryl methyl sites for hydroxylation is 2. The maximum atomic E-state index is 15.6. The van der Waals surface area contributed by atoms with Crippen molar-refractivity contribution in [2.45, 2.75) is 44.6 Å². The predicted octanol–water partition coefficient (Wildman–Crippen LogP) is 5.15. The van der Waals surface area contributed by atoms with Gasteiger partial charge < -0.3 is 4.90 Å². The van der Waals surface area contributed by atoms with Gasteiger partial charge in [0.2, 0.25) is 0 Å². The van der Waals surface area contributed by atoms with Crippen molar-refractivity contribution in [3.63, 3.8) is 0 Å². The number of pyridine rings is 1. The first-order valence-electron chi connectivity index (χ1n) is 12.0. The largest absolute Gasteiger partial charge is 0.338 e. The molecule has 1 amide bonds. The fourth-order valence-corrected chi connectivity index (χ4v) is 2.98. The van der Waals surface area contributed by atoms with Crippen LogP contribution in [0.5, 0.6) is 0 Å². The maximum Gasteiger partial charge on any atom is 0.253 e. The summed E-state index contributed by atoms with van der Waals surface area (Å²) in [5.41, 5.74) is -2.19. The molecular weight excluding hydrogens is 370 g/mol. The summed E-state index contributed by atoms with van der Waals surface area (Å²) < 4.78 is 84.1. The van der Waals surface area contributed by atoms with E-state index in [1.54, 1.807) is 0 Å². The zero-order valence-corrected chi connectivity index (χ0v) is 15.2. The molecule has 2 heterocycles. The molecule has 1 aromatic carbocycles. The van der Waals surface area contributed by atoms with Crippen LogP contribution in [0.4, 0.5) is 8.78 Å². The number of piperidine rings is 1. The number of hydrogen-bond acceptors (Lipinski definition) is 2. The van der Waals surface area contributed by atoms with Crippen LogP contribution in [0.2, 0.25) is 5.02 Å². The number of carbonyl (C=O) groups excluding carboxylic acids is 1. The van der Waals surface area contributed by atoms with Gasteiger partial charge in [-0.15, -0.1) is 0 Å². The van der Waals surface area contributed by atoms with Gasteiger partial charge in [0.05, 0.1) is 5.02 Å². The molecule has 27 heavy (non-hydrogen) atoms. The smallest absolute Gasteiger partial charge is 0.253 e. The van der Waals surface area contributed by atoms with E-state index >= 15 is 4.39 Å². The van der Waals surface area contributed by atoms with Crippen LogP contribution in [-0.2, 0) is 6.37 Å².